The van der Waals surface area contributed by atoms with Crippen LogP contribution in [-0.2, 0) is 6.42 Å². The van der Waals surface area contributed by atoms with E-state index in [0.29, 0.717) is 22.2 Å². The predicted molar refractivity (Wildman–Crippen MR) is 73.3 cm³/mol. The van der Waals surface area contributed by atoms with Crippen molar-refractivity contribution in [2.75, 3.05) is 6.54 Å². The topological polar surface area (TPSA) is 44.9 Å². The van der Waals surface area contributed by atoms with Gasteiger partial charge in [-0.05, 0) is 36.2 Å². The zero-order valence-electron chi connectivity index (χ0n) is 9.54. The smallest absolute Gasteiger partial charge is 0.251 e. The molecule has 0 bridgehead atoms. The first kappa shape index (κ1) is 13.0. The molecule has 0 aliphatic heterocycles. The molecule has 1 heterocycles. The molecule has 0 radical (unpaired) electrons. The van der Waals surface area contributed by atoms with E-state index in [-0.39, 0.29) is 5.91 Å². The number of carbonyl (C=O) groups is 1. The summed E-state index contributed by atoms with van der Waals surface area (Å²) in [5, 5.41) is 3.66. The van der Waals surface area contributed by atoms with Gasteiger partial charge >= 0.3 is 0 Å². The number of carbonyl (C=O) groups excluding carboxylic acids is 1. The van der Waals surface area contributed by atoms with E-state index in [0.717, 1.165) is 12.0 Å². The lowest BCUT2D eigenvalue weighted by molar-refractivity contribution is 0.0954. The number of aromatic nitrogens is 1. The van der Waals surface area contributed by atoms with Crippen molar-refractivity contribution in [3.63, 3.8) is 0 Å². The first-order chi connectivity index (χ1) is 8.66. The van der Waals surface area contributed by atoms with Crippen LogP contribution in [-0.4, -0.2) is 17.4 Å². The molecule has 1 aromatic heterocycles. The first-order valence-electron chi connectivity index (χ1n) is 5.52. The van der Waals surface area contributed by atoms with Gasteiger partial charge in [-0.15, -0.1) is 0 Å². The van der Waals surface area contributed by atoms with Crippen LogP contribution in [0.3, 0.4) is 0 Å². The van der Waals surface area contributed by atoms with Crippen LogP contribution in [0.15, 0.2) is 36.7 Å². The van der Waals surface area contributed by atoms with Gasteiger partial charge in [0.1, 0.15) is 0 Å². The lowest BCUT2D eigenvalue weighted by Gasteiger charge is -2.05. The van der Waals surface area contributed by atoms with Gasteiger partial charge in [0.2, 0.25) is 0 Å². The fourth-order valence-corrected chi connectivity index (χ4v) is 1.87. The van der Waals surface area contributed by atoms with E-state index < -0.39 is 0 Å². The molecule has 0 unspecified atom stereocenters. The van der Waals surface area contributed by atoms with Crippen LogP contribution in [0.4, 0.5) is 0 Å². The molecule has 1 amide bonds. The lowest BCUT2D eigenvalue weighted by Crippen LogP contribution is -2.25. The number of halogens is 2. The number of hydrogen-bond acceptors (Lipinski definition) is 1. The second-order valence-corrected chi connectivity index (χ2v) is 4.67. The van der Waals surface area contributed by atoms with Crippen molar-refractivity contribution in [3.8, 4) is 0 Å². The van der Waals surface area contributed by atoms with Gasteiger partial charge in [0.05, 0.1) is 10.0 Å². The summed E-state index contributed by atoms with van der Waals surface area (Å²) >= 11 is 11.6. The minimum absolute atomic E-state index is 0.149. The molecular formula is C13H12Cl2N2O. The number of aromatic amines is 1. The Balaban J connectivity index is 1.89. The molecule has 5 heteroatoms. The SMILES string of the molecule is O=C(NCCc1cc[nH]c1)c1ccc(Cl)c(Cl)c1. The molecule has 94 valence electrons. The van der Waals surface area contributed by atoms with Gasteiger partial charge in [0.15, 0.2) is 0 Å². The monoisotopic (exact) mass is 282 g/mol. The first-order valence-corrected chi connectivity index (χ1v) is 6.27. The molecule has 1 aromatic carbocycles. The summed E-state index contributed by atoms with van der Waals surface area (Å²) < 4.78 is 0. The van der Waals surface area contributed by atoms with Gasteiger partial charge < -0.3 is 10.3 Å². The number of H-pyrrole nitrogens is 1. The summed E-state index contributed by atoms with van der Waals surface area (Å²) in [5.41, 5.74) is 1.67. The van der Waals surface area contributed by atoms with Crippen molar-refractivity contribution in [2.45, 2.75) is 6.42 Å². The van der Waals surface area contributed by atoms with Gasteiger partial charge in [0.25, 0.3) is 5.91 Å². The quantitative estimate of drug-likeness (QED) is 0.888. The lowest BCUT2D eigenvalue weighted by atomic mass is 10.2. The summed E-state index contributed by atoms with van der Waals surface area (Å²) in [6, 6.07) is 6.81. The Morgan fingerprint density at radius 1 is 1.22 bits per heavy atom. The van der Waals surface area contributed by atoms with E-state index in [2.05, 4.69) is 10.3 Å². The summed E-state index contributed by atoms with van der Waals surface area (Å²) in [7, 11) is 0. The van der Waals surface area contributed by atoms with Gasteiger partial charge in [-0.3, -0.25) is 4.79 Å². The fourth-order valence-electron chi connectivity index (χ4n) is 1.57. The molecule has 0 fully saturated rings. The van der Waals surface area contributed by atoms with Crippen molar-refractivity contribution in [1.82, 2.24) is 10.3 Å². The molecule has 0 spiro atoms. The maximum absolute atomic E-state index is 11.8. The van der Waals surface area contributed by atoms with Crippen LogP contribution in [0.25, 0.3) is 0 Å². The molecule has 2 N–H and O–H groups in total. The summed E-state index contributed by atoms with van der Waals surface area (Å²) in [6.45, 7) is 0.580. The van der Waals surface area contributed by atoms with E-state index >= 15 is 0 Å². The number of amides is 1. The Kier molecular flexibility index (Phi) is 4.28. The molecule has 2 rings (SSSR count). The Bertz CT molecular complexity index is 538. The Morgan fingerprint density at radius 3 is 2.72 bits per heavy atom. The number of benzene rings is 1. The Labute approximate surface area is 115 Å². The van der Waals surface area contributed by atoms with Crippen LogP contribution in [0.5, 0.6) is 0 Å². The van der Waals surface area contributed by atoms with E-state index in [4.69, 9.17) is 23.2 Å². The molecule has 0 aliphatic rings. The number of rotatable bonds is 4. The highest BCUT2D eigenvalue weighted by Gasteiger charge is 2.07. The largest absolute Gasteiger partial charge is 0.367 e. The van der Waals surface area contributed by atoms with E-state index in [1.165, 1.54) is 0 Å². The molecule has 18 heavy (non-hydrogen) atoms. The summed E-state index contributed by atoms with van der Waals surface area (Å²) in [5.74, 6) is -0.149. The van der Waals surface area contributed by atoms with Gasteiger partial charge in [-0.1, -0.05) is 23.2 Å². The van der Waals surface area contributed by atoms with Crippen molar-refractivity contribution >= 4 is 29.1 Å². The minimum Gasteiger partial charge on any atom is -0.367 e. The standard InChI is InChI=1S/C13H12Cl2N2O/c14-11-2-1-10(7-12(11)15)13(18)17-6-4-9-3-5-16-8-9/h1-3,5,7-8,16H,4,6H2,(H,17,18). The second-order valence-electron chi connectivity index (χ2n) is 3.85. The zero-order chi connectivity index (χ0) is 13.0. The summed E-state index contributed by atoms with van der Waals surface area (Å²) in [4.78, 5) is 14.8. The molecule has 0 saturated carbocycles. The van der Waals surface area contributed by atoms with Crippen molar-refractivity contribution in [2.24, 2.45) is 0 Å². The third-order valence-electron chi connectivity index (χ3n) is 2.54. The van der Waals surface area contributed by atoms with Crippen LogP contribution in [0.1, 0.15) is 15.9 Å². The summed E-state index contributed by atoms with van der Waals surface area (Å²) in [6.07, 6.45) is 4.55. The Morgan fingerprint density at radius 2 is 2.06 bits per heavy atom. The Hall–Kier alpha value is -1.45. The second kappa shape index (κ2) is 5.94. The van der Waals surface area contributed by atoms with Crippen LogP contribution < -0.4 is 5.32 Å². The van der Waals surface area contributed by atoms with E-state index in [1.54, 1.807) is 18.2 Å². The fraction of sp³-hybridized carbons (Fsp3) is 0.154. The molecule has 0 aliphatic carbocycles. The maximum Gasteiger partial charge on any atom is 0.251 e. The highest BCUT2D eigenvalue weighted by molar-refractivity contribution is 6.42. The molecular weight excluding hydrogens is 271 g/mol. The van der Waals surface area contributed by atoms with Crippen molar-refractivity contribution < 1.29 is 4.79 Å². The number of nitrogens with one attached hydrogen (secondary N) is 2. The highest BCUT2D eigenvalue weighted by Crippen LogP contribution is 2.22. The molecule has 2 aromatic rings. The minimum atomic E-state index is -0.149. The predicted octanol–water partition coefficient (Wildman–Crippen LogP) is 3.29. The van der Waals surface area contributed by atoms with Crippen LogP contribution in [0, 0.1) is 0 Å². The van der Waals surface area contributed by atoms with Crippen LogP contribution >= 0.6 is 23.2 Å². The molecule has 0 atom stereocenters. The normalized spacial score (nSPS) is 10.3. The number of hydrogen-bond donors (Lipinski definition) is 2. The van der Waals surface area contributed by atoms with Crippen LogP contribution in [0.2, 0.25) is 10.0 Å². The zero-order valence-corrected chi connectivity index (χ0v) is 11.1. The maximum atomic E-state index is 11.8. The average Bonchev–Trinajstić information content (AvgIpc) is 2.85. The van der Waals surface area contributed by atoms with Crippen molar-refractivity contribution in [3.05, 3.63) is 57.8 Å². The van der Waals surface area contributed by atoms with E-state index in [1.807, 2.05) is 18.5 Å². The highest BCUT2D eigenvalue weighted by atomic mass is 35.5. The van der Waals surface area contributed by atoms with Gasteiger partial charge in [-0.25, -0.2) is 0 Å². The third kappa shape index (κ3) is 3.28. The molecule has 0 saturated heterocycles. The van der Waals surface area contributed by atoms with Gasteiger partial charge in [-0.2, -0.15) is 0 Å². The molecule has 3 nitrogen and oxygen atoms in total. The van der Waals surface area contributed by atoms with E-state index in [9.17, 15) is 4.79 Å². The van der Waals surface area contributed by atoms with Gasteiger partial charge in [0, 0.05) is 24.5 Å². The average molecular weight is 283 g/mol. The third-order valence-corrected chi connectivity index (χ3v) is 3.28. The van der Waals surface area contributed by atoms with Crippen molar-refractivity contribution in [1.29, 1.82) is 0 Å².